The Kier molecular flexibility index (Phi) is 3.90. The first-order valence-electron chi connectivity index (χ1n) is 8.15. The normalized spacial score (nSPS) is 10.8. The van der Waals surface area contributed by atoms with E-state index in [1.807, 2.05) is 58.6 Å². The van der Waals surface area contributed by atoms with Crippen molar-refractivity contribution < 1.29 is 8.96 Å². The third kappa shape index (κ3) is 2.85. The van der Waals surface area contributed by atoms with Crippen LogP contribution in [0.5, 0.6) is 0 Å². The van der Waals surface area contributed by atoms with Crippen molar-refractivity contribution in [3.63, 3.8) is 0 Å². The van der Waals surface area contributed by atoms with Crippen LogP contribution < -0.4 is 4.57 Å². The van der Waals surface area contributed by atoms with Crippen LogP contribution in [0.2, 0.25) is 0 Å². The highest BCUT2D eigenvalue weighted by Crippen LogP contribution is 2.31. The third-order valence-corrected chi connectivity index (χ3v) is 4.19. The van der Waals surface area contributed by atoms with E-state index < -0.39 is 0 Å². The average Bonchev–Trinajstić information content (AvgIpc) is 3.00. The van der Waals surface area contributed by atoms with Gasteiger partial charge in [0.15, 0.2) is 0 Å². The molecule has 25 heavy (non-hydrogen) atoms. The maximum Gasteiger partial charge on any atom is 0.244 e. The number of imidazole rings is 1. The quantitative estimate of drug-likeness (QED) is 0.385. The summed E-state index contributed by atoms with van der Waals surface area (Å²) in [6, 6.07) is 26.9. The maximum atomic E-state index is 13.8. The largest absolute Gasteiger partial charge is 0.319 e. The predicted octanol–water partition coefficient (Wildman–Crippen LogP) is 4.58. The standard InChI is InChI=1S/C22H17FN2/c1-24-16-25(20-14-8-13-19(23)15-20)22(18-11-6-3-7-12-18)21(24)17-9-4-2-5-10-17/h2-15H,1H3. The molecule has 0 unspecified atom stereocenters. The van der Waals surface area contributed by atoms with Crippen molar-refractivity contribution in [1.82, 2.24) is 4.57 Å². The molecule has 0 atom stereocenters. The molecule has 0 saturated heterocycles. The molecule has 0 N–H and O–H groups in total. The van der Waals surface area contributed by atoms with E-state index in [0.29, 0.717) is 0 Å². The fourth-order valence-corrected chi connectivity index (χ4v) is 3.11. The van der Waals surface area contributed by atoms with Crippen LogP contribution in [-0.2, 0) is 7.05 Å². The number of aryl methyl sites for hydroxylation is 1. The monoisotopic (exact) mass is 328 g/mol. The molecule has 122 valence electrons. The fraction of sp³-hybridized carbons (Fsp3) is 0.0455. The average molecular weight is 328 g/mol. The second-order valence-corrected chi connectivity index (χ2v) is 5.90. The Hall–Kier alpha value is -3.20. The second-order valence-electron chi connectivity index (χ2n) is 5.90. The Labute approximate surface area is 146 Å². The van der Waals surface area contributed by atoms with Crippen LogP contribution in [0.15, 0.2) is 84.9 Å². The lowest BCUT2D eigenvalue weighted by atomic mass is 10.0. The highest BCUT2D eigenvalue weighted by molar-refractivity contribution is 5.77. The topological polar surface area (TPSA) is 8.81 Å². The lowest BCUT2D eigenvalue weighted by molar-refractivity contribution is -0.664. The Balaban J connectivity index is 2.03. The molecule has 1 heterocycles. The Morgan fingerprint density at radius 2 is 1.44 bits per heavy atom. The van der Waals surface area contributed by atoms with E-state index in [1.165, 1.54) is 12.1 Å². The number of nitrogens with zero attached hydrogens (tertiary/aromatic N) is 2. The third-order valence-electron chi connectivity index (χ3n) is 4.19. The molecule has 0 aliphatic carbocycles. The van der Waals surface area contributed by atoms with Crippen molar-refractivity contribution in [1.29, 1.82) is 0 Å². The molecule has 4 rings (SSSR count). The van der Waals surface area contributed by atoms with E-state index in [0.717, 1.165) is 28.2 Å². The predicted molar refractivity (Wildman–Crippen MR) is 96.6 cm³/mol. The molecule has 1 aromatic heterocycles. The van der Waals surface area contributed by atoms with Gasteiger partial charge in [0.05, 0.1) is 24.1 Å². The summed E-state index contributed by atoms with van der Waals surface area (Å²) in [7, 11) is 1.96. The fourth-order valence-electron chi connectivity index (χ4n) is 3.11. The minimum absolute atomic E-state index is 0.262. The Morgan fingerprint density at radius 1 is 0.800 bits per heavy atom. The highest BCUT2D eigenvalue weighted by atomic mass is 19.1. The van der Waals surface area contributed by atoms with Gasteiger partial charge in [-0.1, -0.05) is 72.8 Å². The molecule has 0 fully saturated rings. The van der Waals surface area contributed by atoms with Crippen LogP contribution in [0, 0.1) is 12.1 Å². The number of halogens is 1. The van der Waals surface area contributed by atoms with E-state index in [-0.39, 0.29) is 5.82 Å². The Bertz CT molecular complexity index is 1000. The van der Waals surface area contributed by atoms with Crippen molar-refractivity contribution in [3.05, 3.63) is 97.1 Å². The zero-order chi connectivity index (χ0) is 17.2. The minimum atomic E-state index is -0.262. The van der Waals surface area contributed by atoms with Crippen molar-refractivity contribution in [2.45, 2.75) is 0 Å². The van der Waals surface area contributed by atoms with Crippen LogP contribution in [0.4, 0.5) is 4.39 Å². The van der Waals surface area contributed by atoms with Crippen LogP contribution in [0.25, 0.3) is 28.2 Å². The van der Waals surface area contributed by atoms with Gasteiger partial charge in [-0.2, -0.15) is 0 Å². The van der Waals surface area contributed by atoms with Crippen molar-refractivity contribution in [3.8, 4) is 28.2 Å². The number of hydrogen-bond donors (Lipinski definition) is 0. The van der Waals surface area contributed by atoms with Crippen molar-refractivity contribution in [2.24, 2.45) is 7.05 Å². The second kappa shape index (κ2) is 6.36. The first kappa shape index (κ1) is 15.3. The summed E-state index contributed by atoms with van der Waals surface area (Å²) in [5.41, 5.74) is 4.92. The first-order chi connectivity index (χ1) is 12.2. The van der Waals surface area contributed by atoms with Crippen LogP contribution >= 0.6 is 0 Å². The molecule has 3 heteroatoms. The lowest BCUT2D eigenvalue weighted by Gasteiger charge is -2.13. The molecule has 0 aliphatic heterocycles. The molecule has 0 bridgehead atoms. The summed E-state index contributed by atoms with van der Waals surface area (Å²) in [5.74, 6) is -0.262. The number of aromatic nitrogens is 2. The first-order valence-corrected chi connectivity index (χ1v) is 8.15. The van der Waals surface area contributed by atoms with E-state index in [4.69, 9.17) is 0 Å². The van der Waals surface area contributed by atoms with Gasteiger partial charge in [0.1, 0.15) is 5.82 Å². The minimum Gasteiger partial charge on any atom is -0.319 e. The summed E-state index contributed by atoms with van der Waals surface area (Å²) in [6.07, 6.45) is 3.32. The van der Waals surface area contributed by atoms with Gasteiger partial charge >= 0.3 is 0 Å². The van der Waals surface area contributed by atoms with Crippen LogP contribution in [0.1, 0.15) is 0 Å². The van der Waals surface area contributed by atoms with Gasteiger partial charge in [-0.15, -0.1) is 0 Å². The summed E-state index contributed by atoms with van der Waals surface area (Å²) >= 11 is 0. The molecule has 0 spiro atoms. The van der Waals surface area contributed by atoms with Crippen LogP contribution in [-0.4, -0.2) is 4.57 Å². The molecule has 0 amide bonds. The number of benzene rings is 3. The highest BCUT2D eigenvalue weighted by Gasteiger charge is 2.17. The van der Waals surface area contributed by atoms with Crippen molar-refractivity contribution in [2.75, 3.05) is 0 Å². The van der Waals surface area contributed by atoms with Gasteiger partial charge in [-0.3, -0.25) is 0 Å². The molecule has 0 aliphatic rings. The number of rotatable bonds is 3. The molecule has 3 aromatic carbocycles. The van der Waals surface area contributed by atoms with E-state index in [1.54, 1.807) is 6.07 Å². The summed E-state index contributed by atoms with van der Waals surface area (Å²) in [6.45, 7) is 0. The van der Waals surface area contributed by atoms with E-state index >= 15 is 0 Å². The molecule has 0 saturated carbocycles. The van der Waals surface area contributed by atoms with Crippen LogP contribution in [0.3, 0.4) is 0 Å². The van der Waals surface area contributed by atoms with E-state index in [9.17, 15) is 4.39 Å². The summed E-state index contributed by atoms with van der Waals surface area (Å²) in [5, 5.41) is 0. The van der Waals surface area contributed by atoms with Gasteiger partial charge < -0.3 is 9.13 Å². The summed E-state index contributed by atoms with van der Waals surface area (Å²) in [4.78, 5) is 0. The molecule has 2 nitrogen and oxygen atoms in total. The van der Waals surface area contributed by atoms with Gasteiger partial charge in [0.25, 0.3) is 0 Å². The van der Waals surface area contributed by atoms with Gasteiger partial charge in [-0.25, -0.2) is 4.39 Å². The molecular formula is C22H17FN2. The maximum absolute atomic E-state index is 13.8. The summed E-state index contributed by atoms with van der Waals surface area (Å²) < 4.78 is 17.7. The molecular weight excluding hydrogens is 311 g/mol. The Morgan fingerprint density at radius 3 is 2.08 bits per heavy atom. The smallest absolute Gasteiger partial charge is 0.244 e. The zero-order valence-corrected chi connectivity index (χ0v) is 13.9. The molecule has 0 radical (unpaired) electrons. The zero-order valence-electron chi connectivity index (χ0n) is 13.9. The lowest BCUT2D eigenvalue weighted by Crippen LogP contribution is -2.28. The number of hydrogen-bond acceptors (Lipinski definition) is 0. The SMILES string of the molecule is C[n+]1[c-]n(-c2cccc(F)c2)c(-c2ccccc2)c1-c1ccccc1. The van der Waals surface area contributed by atoms with Crippen molar-refractivity contribution >= 4 is 0 Å². The van der Waals surface area contributed by atoms with Gasteiger partial charge in [0, 0.05) is 0 Å². The van der Waals surface area contributed by atoms with Gasteiger partial charge in [-0.05, 0) is 23.3 Å². The molecule has 4 aromatic rings. The van der Waals surface area contributed by atoms with E-state index in [2.05, 4.69) is 30.6 Å². The van der Waals surface area contributed by atoms with Gasteiger partial charge in [0.2, 0.25) is 6.33 Å².